The van der Waals surface area contributed by atoms with Gasteiger partial charge in [-0.25, -0.2) is 0 Å². The molecule has 164 valence electrons. The van der Waals surface area contributed by atoms with Crippen molar-refractivity contribution in [3.8, 4) is 0 Å². The van der Waals surface area contributed by atoms with E-state index < -0.39 is 33.4 Å². The SMILES string of the molecule is CC(C)(C)c1ccc(P)cc1.O=S(=O)(O)C(F)(F)C(F)(F)C(F)(F)C(F)(F)F. The van der Waals surface area contributed by atoms with Crippen LogP contribution in [0.2, 0.25) is 0 Å². The molecule has 0 saturated carbocycles. The first-order chi connectivity index (χ1) is 12.0. The zero-order valence-electron chi connectivity index (χ0n) is 14.5. The molecular weight excluding hydrogens is 450 g/mol. The molecule has 28 heavy (non-hydrogen) atoms. The van der Waals surface area contributed by atoms with Gasteiger partial charge in [-0.05, 0) is 16.3 Å². The van der Waals surface area contributed by atoms with Crippen LogP contribution in [0.1, 0.15) is 26.3 Å². The van der Waals surface area contributed by atoms with Crippen molar-refractivity contribution in [2.75, 3.05) is 0 Å². The van der Waals surface area contributed by atoms with E-state index in [9.17, 15) is 47.9 Å². The molecule has 1 N–H and O–H groups in total. The molecule has 0 radical (unpaired) electrons. The number of halogens is 9. The molecular formula is C14H16F9O3PS. The van der Waals surface area contributed by atoms with Crippen molar-refractivity contribution in [1.29, 1.82) is 0 Å². The topological polar surface area (TPSA) is 54.4 Å². The molecule has 1 rings (SSSR count). The molecule has 0 heterocycles. The number of hydrogen-bond donors (Lipinski definition) is 1. The predicted octanol–water partition coefficient (Wildman–Crippen LogP) is 4.78. The van der Waals surface area contributed by atoms with Crippen LogP contribution in [0.4, 0.5) is 39.5 Å². The number of rotatable bonds is 3. The molecule has 14 heteroatoms. The third-order valence-corrected chi connectivity index (χ3v) is 4.51. The summed E-state index contributed by atoms with van der Waals surface area (Å²) in [6, 6.07) is 8.63. The van der Waals surface area contributed by atoms with E-state index in [-0.39, 0.29) is 5.41 Å². The van der Waals surface area contributed by atoms with Crippen LogP contribution in [0.3, 0.4) is 0 Å². The van der Waals surface area contributed by atoms with E-state index in [1.54, 1.807) is 0 Å². The molecule has 0 bridgehead atoms. The molecule has 1 unspecified atom stereocenters. The average Bonchev–Trinajstić information content (AvgIpc) is 2.44. The maximum atomic E-state index is 12.2. The van der Waals surface area contributed by atoms with E-state index in [1.165, 1.54) is 10.9 Å². The lowest BCUT2D eigenvalue weighted by atomic mass is 9.87. The van der Waals surface area contributed by atoms with Gasteiger partial charge in [0.1, 0.15) is 0 Å². The molecule has 1 atom stereocenters. The Morgan fingerprint density at radius 3 is 1.39 bits per heavy atom. The summed E-state index contributed by atoms with van der Waals surface area (Å²) in [7, 11) is -4.47. The Morgan fingerprint density at radius 2 is 1.14 bits per heavy atom. The Balaban J connectivity index is 0.000000567. The van der Waals surface area contributed by atoms with Crippen molar-refractivity contribution in [3.05, 3.63) is 29.8 Å². The molecule has 0 spiro atoms. The summed E-state index contributed by atoms with van der Waals surface area (Å²) in [6.45, 7) is 6.68. The largest absolute Gasteiger partial charge is 0.460 e. The zero-order valence-corrected chi connectivity index (χ0v) is 16.4. The number of hydrogen-bond acceptors (Lipinski definition) is 2. The van der Waals surface area contributed by atoms with E-state index in [1.807, 2.05) is 0 Å². The molecule has 1 aromatic rings. The highest BCUT2D eigenvalue weighted by molar-refractivity contribution is 7.87. The van der Waals surface area contributed by atoms with Gasteiger partial charge in [0.25, 0.3) is 0 Å². The van der Waals surface area contributed by atoms with Gasteiger partial charge in [-0.1, -0.05) is 45.0 Å². The third kappa shape index (κ3) is 5.50. The fraction of sp³-hybridized carbons (Fsp3) is 0.571. The Kier molecular flexibility index (Phi) is 7.68. The highest BCUT2D eigenvalue weighted by Gasteiger charge is 2.85. The normalized spacial score (nSPS) is 14.4. The summed E-state index contributed by atoms with van der Waals surface area (Å²) >= 11 is 0. The van der Waals surface area contributed by atoms with Crippen LogP contribution >= 0.6 is 9.24 Å². The van der Waals surface area contributed by atoms with E-state index in [4.69, 9.17) is 4.55 Å². The summed E-state index contributed by atoms with van der Waals surface area (Å²) in [6.07, 6.45) is -7.13. The Bertz CT molecular complexity index is 767. The van der Waals surface area contributed by atoms with Gasteiger partial charge in [0.2, 0.25) is 0 Å². The molecule has 1 aromatic carbocycles. The second-order valence-corrected chi connectivity index (χ2v) is 8.64. The van der Waals surface area contributed by atoms with Crippen LogP contribution in [0.15, 0.2) is 24.3 Å². The Labute approximate surface area is 157 Å². The smallest absolute Gasteiger partial charge is 0.281 e. The van der Waals surface area contributed by atoms with Gasteiger partial charge in [0.15, 0.2) is 0 Å². The Hall–Kier alpha value is -1.07. The van der Waals surface area contributed by atoms with Crippen LogP contribution in [0.5, 0.6) is 0 Å². The molecule has 0 aliphatic heterocycles. The molecule has 0 aliphatic rings. The molecule has 3 nitrogen and oxygen atoms in total. The van der Waals surface area contributed by atoms with Crippen LogP contribution in [-0.4, -0.2) is 36.2 Å². The summed E-state index contributed by atoms with van der Waals surface area (Å²) in [5, 5.41) is -5.75. The van der Waals surface area contributed by atoms with Crippen molar-refractivity contribution in [2.45, 2.75) is 49.5 Å². The van der Waals surface area contributed by atoms with E-state index in [2.05, 4.69) is 54.3 Å². The van der Waals surface area contributed by atoms with Crippen LogP contribution in [0, 0.1) is 0 Å². The lowest BCUT2D eigenvalue weighted by Gasteiger charge is -2.31. The van der Waals surface area contributed by atoms with Crippen LogP contribution < -0.4 is 5.30 Å². The average molecular weight is 466 g/mol. The number of benzene rings is 1. The first-order valence-corrected chi connectivity index (χ1v) is 9.05. The minimum absolute atomic E-state index is 0.276. The standard InChI is InChI=1S/C10H15P.C4HF9O3S/c1-10(2,3)8-4-6-9(11)7-5-8;5-1(6,3(9,10)11)2(7,8)4(12,13)17(14,15)16/h4-7H,11H2,1-3H3;(H,14,15,16). The van der Waals surface area contributed by atoms with E-state index in [0.29, 0.717) is 0 Å². The van der Waals surface area contributed by atoms with Crippen molar-refractivity contribution in [1.82, 2.24) is 0 Å². The monoisotopic (exact) mass is 466 g/mol. The fourth-order valence-corrected chi connectivity index (χ4v) is 2.15. The van der Waals surface area contributed by atoms with Crippen molar-refractivity contribution >= 4 is 24.7 Å². The van der Waals surface area contributed by atoms with Crippen LogP contribution in [0.25, 0.3) is 0 Å². The molecule has 0 aliphatic carbocycles. The lowest BCUT2D eigenvalue weighted by Crippen LogP contribution is -2.63. The maximum Gasteiger partial charge on any atom is 0.460 e. The second kappa shape index (κ2) is 7.98. The summed E-state index contributed by atoms with van der Waals surface area (Å²) in [5.74, 6) is -14.7. The summed E-state index contributed by atoms with van der Waals surface area (Å²) in [5.41, 5.74) is 1.67. The minimum Gasteiger partial charge on any atom is -0.281 e. The first kappa shape index (κ1) is 26.9. The maximum absolute atomic E-state index is 12.2. The van der Waals surface area contributed by atoms with Crippen LogP contribution in [-0.2, 0) is 15.5 Å². The quantitative estimate of drug-likeness (QED) is 0.396. The van der Waals surface area contributed by atoms with E-state index in [0.717, 1.165) is 0 Å². The summed E-state index contributed by atoms with van der Waals surface area (Å²) in [4.78, 5) is 0. The first-order valence-electron chi connectivity index (χ1n) is 7.03. The Morgan fingerprint density at radius 1 is 0.786 bits per heavy atom. The molecule has 0 amide bonds. The van der Waals surface area contributed by atoms with Crippen molar-refractivity contribution in [2.24, 2.45) is 0 Å². The predicted molar refractivity (Wildman–Crippen MR) is 86.9 cm³/mol. The highest BCUT2D eigenvalue weighted by Crippen LogP contribution is 2.54. The van der Waals surface area contributed by atoms with Gasteiger partial charge in [-0.3, -0.25) is 4.55 Å². The minimum atomic E-state index is -7.37. The second-order valence-electron chi connectivity index (χ2n) is 6.51. The zero-order chi connectivity index (χ0) is 23.0. The number of alkyl halides is 9. The third-order valence-electron chi connectivity index (χ3n) is 3.22. The van der Waals surface area contributed by atoms with Gasteiger partial charge < -0.3 is 0 Å². The van der Waals surface area contributed by atoms with Gasteiger partial charge in [-0.2, -0.15) is 47.9 Å². The summed E-state index contributed by atoms with van der Waals surface area (Å²) < 4.78 is 134. The van der Waals surface area contributed by atoms with E-state index >= 15 is 0 Å². The van der Waals surface area contributed by atoms with Gasteiger partial charge in [0.05, 0.1) is 0 Å². The molecule has 0 aromatic heterocycles. The fourth-order valence-electron chi connectivity index (χ4n) is 1.51. The molecule has 0 saturated heterocycles. The van der Waals surface area contributed by atoms with Gasteiger partial charge >= 0.3 is 33.4 Å². The highest BCUT2D eigenvalue weighted by atomic mass is 32.2. The van der Waals surface area contributed by atoms with Gasteiger partial charge in [-0.15, -0.1) is 9.24 Å². The lowest BCUT2D eigenvalue weighted by molar-refractivity contribution is -0.382. The van der Waals surface area contributed by atoms with Crippen molar-refractivity contribution in [3.63, 3.8) is 0 Å². The van der Waals surface area contributed by atoms with Crippen molar-refractivity contribution < 1.29 is 52.5 Å². The molecule has 0 fully saturated rings. The van der Waals surface area contributed by atoms with Gasteiger partial charge in [0, 0.05) is 0 Å².